The van der Waals surface area contributed by atoms with E-state index in [1.165, 1.54) is 12.1 Å². The second kappa shape index (κ2) is 9.49. The number of hydrogen-bond acceptors (Lipinski definition) is 6. The van der Waals surface area contributed by atoms with Gasteiger partial charge in [-0.2, -0.15) is 5.10 Å². The molecule has 0 unspecified atom stereocenters. The van der Waals surface area contributed by atoms with Crippen molar-refractivity contribution in [3.8, 4) is 33.9 Å². The van der Waals surface area contributed by atoms with Gasteiger partial charge in [-0.15, -0.1) is 0 Å². The number of H-pyrrole nitrogens is 2. The van der Waals surface area contributed by atoms with Crippen LogP contribution >= 0.6 is 0 Å². The normalized spacial score (nSPS) is 11.5. The molecule has 0 saturated heterocycles. The number of nitrogens with one attached hydrogen (secondary N) is 3. The van der Waals surface area contributed by atoms with Gasteiger partial charge < -0.3 is 15.2 Å². The monoisotopic (exact) mass is 506 g/mol. The summed E-state index contributed by atoms with van der Waals surface area (Å²) in [6.07, 6.45) is 5.07. The first-order chi connectivity index (χ1) is 18.4. The summed E-state index contributed by atoms with van der Waals surface area (Å²) in [4.78, 5) is 31.0. The number of imidazole rings is 1. The van der Waals surface area contributed by atoms with Gasteiger partial charge in [0.25, 0.3) is 0 Å². The minimum Gasteiger partial charge on any atom is -0.336 e. The summed E-state index contributed by atoms with van der Waals surface area (Å²) < 4.78 is 13.5. The van der Waals surface area contributed by atoms with E-state index in [0.717, 1.165) is 33.1 Å². The zero-order valence-electron chi connectivity index (χ0n) is 20.7. The lowest BCUT2D eigenvalue weighted by atomic mass is 10.0. The van der Waals surface area contributed by atoms with E-state index in [1.54, 1.807) is 35.6 Å². The quantitative estimate of drug-likeness (QED) is 0.297. The fourth-order valence-electron chi connectivity index (χ4n) is 4.39. The maximum absolute atomic E-state index is 13.5. The van der Waals surface area contributed by atoms with Gasteiger partial charge in [-0.3, -0.25) is 19.9 Å². The Labute approximate surface area is 216 Å². The van der Waals surface area contributed by atoms with Crippen LogP contribution in [-0.2, 0) is 4.79 Å². The molecule has 0 atom stereocenters. The van der Waals surface area contributed by atoms with Crippen LogP contribution in [0, 0.1) is 5.82 Å². The van der Waals surface area contributed by atoms with Gasteiger partial charge in [-0.1, -0.05) is 6.07 Å². The van der Waals surface area contributed by atoms with Gasteiger partial charge in [0.05, 0.1) is 35.2 Å². The van der Waals surface area contributed by atoms with Crippen molar-refractivity contribution in [3.05, 3.63) is 79.0 Å². The average molecular weight is 507 g/mol. The van der Waals surface area contributed by atoms with Crippen LogP contribution in [0.4, 0.5) is 10.1 Å². The molecule has 0 aliphatic heterocycles. The Morgan fingerprint density at radius 2 is 1.76 bits per heavy atom. The number of nitrogens with zero attached hydrogens (tertiary/aromatic N) is 5. The second-order valence-electron chi connectivity index (χ2n) is 9.23. The van der Waals surface area contributed by atoms with Crippen molar-refractivity contribution in [3.63, 3.8) is 0 Å². The molecule has 38 heavy (non-hydrogen) atoms. The van der Waals surface area contributed by atoms with E-state index < -0.39 is 0 Å². The number of carbonyl (C=O) groups is 1. The van der Waals surface area contributed by atoms with Crippen molar-refractivity contribution in [2.24, 2.45) is 0 Å². The summed E-state index contributed by atoms with van der Waals surface area (Å²) in [7, 11) is 3.68. The lowest BCUT2D eigenvalue weighted by molar-refractivity contribution is -0.116. The van der Waals surface area contributed by atoms with E-state index in [-0.39, 0.29) is 18.3 Å². The Bertz CT molecular complexity index is 1790. The van der Waals surface area contributed by atoms with Gasteiger partial charge in [0, 0.05) is 28.9 Å². The molecule has 0 bridgehead atoms. The summed E-state index contributed by atoms with van der Waals surface area (Å²) in [6.45, 7) is 0.282. The number of likely N-dealkylation sites (N-methyl/N-ethyl adjacent to an activating group) is 1. The molecule has 0 aliphatic rings. The van der Waals surface area contributed by atoms with Crippen molar-refractivity contribution >= 4 is 33.5 Å². The van der Waals surface area contributed by atoms with Crippen LogP contribution in [0.2, 0.25) is 0 Å². The van der Waals surface area contributed by atoms with E-state index in [0.29, 0.717) is 28.4 Å². The van der Waals surface area contributed by atoms with Gasteiger partial charge in [-0.05, 0) is 68.2 Å². The van der Waals surface area contributed by atoms with Crippen molar-refractivity contribution in [1.29, 1.82) is 0 Å². The van der Waals surface area contributed by atoms with Crippen LogP contribution in [0.3, 0.4) is 0 Å². The summed E-state index contributed by atoms with van der Waals surface area (Å²) in [6, 6.07) is 15.9. The highest BCUT2D eigenvalue weighted by atomic mass is 19.1. The Morgan fingerprint density at radius 3 is 2.58 bits per heavy atom. The molecule has 6 rings (SSSR count). The van der Waals surface area contributed by atoms with Gasteiger partial charge in [0.2, 0.25) is 5.91 Å². The Balaban J connectivity index is 1.38. The molecule has 2 aromatic carbocycles. The first-order valence-electron chi connectivity index (χ1n) is 11.9. The summed E-state index contributed by atoms with van der Waals surface area (Å²) in [5.74, 6) is 0.169. The largest absolute Gasteiger partial charge is 0.336 e. The number of hydrogen-bond donors (Lipinski definition) is 3. The van der Waals surface area contributed by atoms with Crippen molar-refractivity contribution in [2.75, 3.05) is 26.0 Å². The molecule has 0 aliphatic carbocycles. The lowest BCUT2D eigenvalue weighted by Crippen LogP contribution is -2.27. The first kappa shape index (κ1) is 23.4. The Hall–Kier alpha value is -4.96. The first-order valence-corrected chi connectivity index (χ1v) is 11.9. The molecule has 10 heteroatoms. The molecule has 0 fully saturated rings. The van der Waals surface area contributed by atoms with Gasteiger partial charge in [0.1, 0.15) is 17.0 Å². The molecule has 0 radical (unpaired) electrons. The van der Waals surface area contributed by atoms with Gasteiger partial charge >= 0.3 is 0 Å². The summed E-state index contributed by atoms with van der Waals surface area (Å²) >= 11 is 0. The van der Waals surface area contributed by atoms with Crippen LogP contribution < -0.4 is 5.32 Å². The molecule has 188 valence electrons. The van der Waals surface area contributed by atoms with E-state index in [9.17, 15) is 9.18 Å². The maximum atomic E-state index is 13.5. The number of pyridine rings is 2. The van der Waals surface area contributed by atoms with E-state index in [2.05, 4.69) is 30.5 Å². The smallest absolute Gasteiger partial charge is 0.238 e. The fraction of sp³-hybridized carbons (Fsp3) is 0.107. The third-order valence-corrected chi connectivity index (χ3v) is 6.12. The number of carbonyl (C=O) groups excluding carboxylic acids is 1. The zero-order chi connectivity index (χ0) is 26.2. The SMILES string of the molecule is CN(C)CC(=O)Nc1cncc(-c2ccc3[nH]nc(-c4nc5c(-c6ccc(F)cc6)nccc5[nH]4)c3c2)c1. The van der Waals surface area contributed by atoms with Crippen LogP contribution in [-0.4, -0.2) is 61.6 Å². The highest BCUT2D eigenvalue weighted by Crippen LogP contribution is 2.32. The molecule has 9 nitrogen and oxygen atoms in total. The predicted octanol–water partition coefficient (Wildman–Crippen LogP) is 4.87. The molecule has 1 amide bonds. The fourth-order valence-corrected chi connectivity index (χ4v) is 4.39. The third-order valence-electron chi connectivity index (χ3n) is 6.12. The minimum atomic E-state index is -0.306. The number of benzene rings is 2. The number of aromatic amines is 2. The number of fused-ring (bicyclic) bond motifs is 2. The number of anilines is 1. The molecule has 4 heterocycles. The number of amides is 1. The number of halogens is 1. The highest BCUT2D eigenvalue weighted by molar-refractivity contribution is 5.98. The van der Waals surface area contributed by atoms with Crippen LogP contribution in [0.25, 0.3) is 55.8 Å². The molecular formula is C28H23FN8O. The maximum Gasteiger partial charge on any atom is 0.238 e. The van der Waals surface area contributed by atoms with Crippen molar-refractivity contribution < 1.29 is 9.18 Å². The van der Waals surface area contributed by atoms with Crippen LogP contribution in [0.5, 0.6) is 0 Å². The van der Waals surface area contributed by atoms with Crippen LogP contribution in [0.15, 0.2) is 73.2 Å². The van der Waals surface area contributed by atoms with Crippen molar-refractivity contribution in [2.45, 2.75) is 0 Å². The molecule has 0 saturated carbocycles. The topological polar surface area (TPSA) is 115 Å². The Kier molecular flexibility index (Phi) is 5.85. The average Bonchev–Trinajstić information content (AvgIpc) is 3.52. The molecule has 0 spiro atoms. The lowest BCUT2D eigenvalue weighted by Gasteiger charge is -2.11. The van der Waals surface area contributed by atoms with Gasteiger partial charge in [-0.25, -0.2) is 9.37 Å². The van der Waals surface area contributed by atoms with E-state index >= 15 is 0 Å². The van der Waals surface area contributed by atoms with Crippen molar-refractivity contribution in [1.82, 2.24) is 35.0 Å². The molecule has 6 aromatic rings. The predicted molar refractivity (Wildman–Crippen MR) is 145 cm³/mol. The number of aromatic nitrogens is 6. The third kappa shape index (κ3) is 4.48. The van der Waals surface area contributed by atoms with Crippen LogP contribution in [0.1, 0.15) is 0 Å². The molecule has 4 aromatic heterocycles. The van der Waals surface area contributed by atoms with E-state index in [1.807, 2.05) is 44.4 Å². The summed E-state index contributed by atoms with van der Waals surface area (Å²) in [5, 5.41) is 11.4. The standard InChI is InChI=1S/C28H23FN8O/c1-37(2)15-24(38)32-20-11-18(13-30-14-20)17-5-8-22-21(12-17)26(36-35-22)28-33-23-9-10-31-25(27(23)34-28)16-3-6-19(29)7-4-16/h3-14H,15H2,1-2H3,(H,32,38)(H,33,34)(H,35,36). The summed E-state index contributed by atoms with van der Waals surface area (Å²) in [5.41, 5.74) is 6.81. The minimum absolute atomic E-state index is 0.110. The zero-order valence-corrected chi connectivity index (χ0v) is 20.7. The second-order valence-corrected chi connectivity index (χ2v) is 9.23. The van der Waals surface area contributed by atoms with E-state index in [4.69, 9.17) is 4.98 Å². The highest BCUT2D eigenvalue weighted by Gasteiger charge is 2.17. The number of rotatable bonds is 6. The molecule has 3 N–H and O–H groups in total. The van der Waals surface area contributed by atoms with Gasteiger partial charge in [0.15, 0.2) is 5.82 Å². The molecular weight excluding hydrogens is 483 g/mol. The Morgan fingerprint density at radius 1 is 0.947 bits per heavy atom.